The minimum absolute atomic E-state index is 0.886. The van der Waals surface area contributed by atoms with Gasteiger partial charge in [-0.05, 0) is 43.2 Å². The maximum absolute atomic E-state index is 4.07. The van der Waals surface area contributed by atoms with E-state index < -0.39 is 0 Å². The number of aromatic nitrogens is 1. The number of alkyl halides is 1. The minimum atomic E-state index is 0.886. The first-order valence-electron chi connectivity index (χ1n) is 6.54. The zero-order chi connectivity index (χ0) is 13.7. The normalized spacial score (nSPS) is 10.5. The molecule has 2 rings (SSSR count). The van der Waals surface area contributed by atoms with Crippen LogP contribution in [-0.2, 0) is 11.9 Å². The van der Waals surface area contributed by atoms with Crippen LogP contribution in [0.2, 0.25) is 0 Å². The lowest BCUT2D eigenvalue weighted by molar-refractivity contribution is 0.825. The second-order valence-electron chi connectivity index (χ2n) is 4.64. The predicted molar refractivity (Wildman–Crippen MR) is 84.8 cm³/mol. The summed E-state index contributed by atoms with van der Waals surface area (Å²) < 4.78 is 0. The van der Waals surface area contributed by atoms with E-state index in [1.54, 1.807) is 0 Å². The molecule has 0 aliphatic carbocycles. The topological polar surface area (TPSA) is 16.1 Å². The average molecular weight is 319 g/mol. The first kappa shape index (κ1) is 14.1. The number of benzene rings is 1. The highest BCUT2D eigenvalue weighted by atomic mass is 79.9. The van der Waals surface area contributed by atoms with Crippen LogP contribution in [0.3, 0.4) is 0 Å². The van der Waals surface area contributed by atoms with E-state index in [0.29, 0.717) is 0 Å². The van der Waals surface area contributed by atoms with Crippen molar-refractivity contribution >= 4 is 21.6 Å². The Morgan fingerprint density at radius 2 is 1.89 bits per heavy atom. The number of nitrogens with zero attached hydrogens (tertiary/aromatic N) is 2. The lowest BCUT2D eigenvalue weighted by atomic mass is 10.1. The highest BCUT2D eigenvalue weighted by Crippen LogP contribution is 2.25. The van der Waals surface area contributed by atoms with E-state index in [9.17, 15) is 0 Å². The molecule has 0 fully saturated rings. The van der Waals surface area contributed by atoms with Gasteiger partial charge in [0, 0.05) is 36.5 Å². The summed E-state index contributed by atoms with van der Waals surface area (Å²) in [6.07, 6.45) is 3.70. The molecular formula is C16H19BrN2. The molecule has 19 heavy (non-hydrogen) atoms. The smallest absolute Gasteiger partial charge is 0.0430 e. The summed E-state index contributed by atoms with van der Waals surface area (Å²) >= 11 is 3.59. The van der Waals surface area contributed by atoms with Crippen molar-refractivity contribution in [1.29, 1.82) is 0 Å². The molecule has 0 saturated heterocycles. The van der Waals surface area contributed by atoms with Crippen LogP contribution in [0.4, 0.5) is 5.69 Å². The SMILES string of the molecule is CCN(Cc1ccncc1)c1ccc(C)cc1CBr. The Morgan fingerprint density at radius 1 is 1.16 bits per heavy atom. The third-order valence-corrected chi connectivity index (χ3v) is 3.83. The zero-order valence-electron chi connectivity index (χ0n) is 11.4. The standard InChI is InChI=1S/C16H19BrN2/c1-3-19(12-14-6-8-18-9-7-14)16-5-4-13(2)10-15(16)11-17/h4-10H,3,11-12H2,1-2H3. The summed E-state index contributed by atoms with van der Waals surface area (Å²) in [4.78, 5) is 6.46. The number of anilines is 1. The number of halogens is 1. The summed E-state index contributed by atoms with van der Waals surface area (Å²) in [5, 5.41) is 0.886. The Morgan fingerprint density at radius 3 is 2.53 bits per heavy atom. The molecule has 0 radical (unpaired) electrons. The molecule has 1 aromatic heterocycles. The summed E-state index contributed by atoms with van der Waals surface area (Å²) in [5.41, 5.74) is 5.24. The van der Waals surface area contributed by atoms with Crippen molar-refractivity contribution in [3.05, 3.63) is 59.4 Å². The van der Waals surface area contributed by atoms with Gasteiger partial charge in [-0.25, -0.2) is 0 Å². The van der Waals surface area contributed by atoms with E-state index in [0.717, 1.165) is 18.4 Å². The first-order valence-corrected chi connectivity index (χ1v) is 7.66. The van der Waals surface area contributed by atoms with Gasteiger partial charge in [-0.2, -0.15) is 0 Å². The van der Waals surface area contributed by atoms with Gasteiger partial charge in [-0.1, -0.05) is 33.6 Å². The molecule has 0 unspecified atom stereocenters. The molecule has 1 heterocycles. The second kappa shape index (κ2) is 6.71. The largest absolute Gasteiger partial charge is 0.367 e. The van der Waals surface area contributed by atoms with Gasteiger partial charge in [0.2, 0.25) is 0 Å². The predicted octanol–water partition coefficient (Wildman–Crippen LogP) is 4.31. The molecule has 0 atom stereocenters. The highest BCUT2D eigenvalue weighted by Gasteiger charge is 2.10. The van der Waals surface area contributed by atoms with E-state index in [4.69, 9.17) is 0 Å². The van der Waals surface area contributed by atoms with Crippen molar-refractivity contribution in [2.24, 2.45) is 0 Å². The van der Waals surface area contributed by atoms with Crippen LogP contribution in [0, 0.1) is 6.92 Å². The fourth-order valence-electron chi connectivity index (χ4n) is 2.21. The monoisotopic (exact) mass is 318 g/mol. The lowest BCUT2D eigenvalue weighted by Gasteiger charge is -2.25. The van der Waals surface area contributed by atoms with E-state index >= 15 is 0 Å². The Labute approximate surface area is 123 Å². The van der Waals surface area contributed by atoms with Crippen molar-refractivity contribution in [2.75, 3.05) is 11.4 Å². The summed E-state index contributed by atoms with van der Waals surface area (Å²) in [6, 6.07) is 10.8. The molecular weight excluding hydrogens is 300 g/mol. The van der Waals surface area contributed by atoms with Gasteiger partial charge in [0.05, 0.1) is 0 Å². The zero-order valence-corrected chi connectivity index (χ0v) is 13.0. The molecule has 0 spiro atoms. The van der Waals surface area contributed by atoms with E-state index in [1.807, 2.05) is 12.4 Å². The van der Waals surface area contributed by atoms with Gasteiger partial charge in [0.15, 0.2) is 0 Å². The number of hydrogen-bond donors (Lipinski definition) is 0. The van der Waals surface area contributed by atoms with Crippen molar-refractivity contribution in [2.45, 2.75) is 25.7 Å². The van der Waals surface area contributed by atoms with Crippen LogP contribution in [0.1, 0.15) is 23.6 Å². The van der Waals surface area contributed by atoms with Crippen LogP contribution < -0.4 is 4.90 Å². The molecule has 1 aromatic carbocycles. The molecule has 0 saturated carbocycles. The number of pyridine rings is 1. The fraction of sp³-hybridized carbons (Fsp3) is 0.312. The molecule has 0 bridgehead atoms. The van der Waals surface area contributed by atoms with Crippen LogP contribution in [0.25, 0.3) is 0 Å². The van der Waals surface area contributed by atoms with Gasteiger partial charge >= 0.3 is 0 Å². The van der Waals surface area contributed by atoms with Gasteiger partial charge < -0.3 is 4.90 Å². The van der Waals surface area contributed by atoms with Gasteiger partial charge in [-0.15, -0.1) is 0 Å². The van der Waals surface area contributed by atoms with Crippen molar-refractivity contribution in [3.63, 3.8) is 0 Å². The van der Waals surface area contributed by atoms with Crippen molar-refractivity contribution < 1.29 is 0 Å². The Balaban J connectivity index is 2.27. The van der Waals surface area contributed by atoms with E-state index in [-0.39, 0.29) is 0 Å². The number of hydrogen-bond acceptors (Lipinski definition) is 2. The Hall–Kier alpha value is -1.35. The lowest BCUT2D eigenvalue weighted by Crippen LogP contribution is -2.23. The van der Waals surface area contributed by atoms with Crippen LogP contribution in [0.5, 0.6) is 0 Å². The summed E-state index contributed by atoms with van der Waals surface area (Å²) in [5.74, 6) is 0. The third-order valence-electron chi connectivity index (χ3n) is 3.22. The number of rotatable bonds is 5. The molecule has 0 aliphatic heterocycles. The van der Waals surface area contributed by atoms with Crippen LogP contribution >= 0.6 is 15.9 Å². The summed E-state index contributed by atoms with van der Waals surface area (Å²) in [6.45, 7) is 6.24. The molecule has 3 heteroatoms. The summed E-state index contributed by atoms with van der Waals surface area (Å²) in [7, 11) is 0. The second-order valence-corrected chi connectivity index (χ2v) is 5.20. The van der Waals surface area contributed by atoms with Crippen molar-refractivity contribution in [3.8, 4) is 0 Å². The third kappa shape index (κ3) is 3.57. The van der Waals surface area contributed by atoms with Gasteiger partial charge in [0.25, 0.3) is 0 Å². The van der Waals surface area contributed by atoms with Gasteiger partial charge in [-0.3, -0.25) is 4.98 Å². The quantitative estimate of drug-likeness (QED) is 0.763. The van der Waals surface area contributed by atoms with E-state index in [1.165, 1.54) is 22.4 Å². The Bertz CT molecular complexity index is 526. The van der Waals surface area contributed by atoms with Crippen LogP contribution in [0.15, 0.2) is 42.7 Å². The molecule has 0 N–H and O–H groups in total. The van der Waals surface area contributed by atoms with E-state index in [2.05, 4.69) is 70.0 Å². The Kier molecular flexibility index (Phi) is 4.97. The average Bonchev–Trinajstić information content (AvgIpc) is 2.46. The maximum atomic E-state index is 4.07. The molecule has 0 aliphatic rings. The van der Waals surface area contributed by atoms with Gasteiger partial charge in [0.1, 0.15) is 0 Å². The molecule has 0 amide bonds. The van der Waals surface area contributed by atoms with Crippen molar-refractivity contribution in [1.82, 2.24) is 4.98 Å². The molecule has 2 aromatic rings. The highest BCUT2D eigenvalue weighted by molar-refractivity contribution is 9.08. The first-order chi connectivity index (χ1) is 9.24. The van der Waals surface area contributed by atoms with Crippen LogP contribution in [-0.4, -0.2) is 11.5 Å². The number of aryl methyl sites for hydroxylation is 1. The maximum Gasteiger partial charge on any atom is 0.0430 e. The molecule has 100 valence electrons. The molecule has 2 nitrogen and oxygen atoms in total. The fourth-order valence-corrected chi connectivity index (χ4v) is 2.65. The minimum Gasteiger partial charge on any atom is -0.367 e.